The van der Waals surface area contributed by atoms with Crippen LogP contribution in [0.1, 0.15) is 66.4 Å². The van der Waals surface area contributed by atoms with Crippen molar-refractivity contribution in [2.24, 2.45) is 10.9 Å². The van der Waals surface area contributed by atoms with Gasteiger partial charge in [0.25, 0.3) is 0 Å². The molecule has 0 saturated heterocycles. The van der Waals surface area contributed by atoms with Gasteiger partial charge >= 0.3 is 0 Å². The Balaban J connectivity index is 1.30. The molecule has 6 heteroatoms. The number of halogens is 1. The Labute approximate surface area is 204 Å². The largest absolute Gasteiger partial charge is 0.466 e. The number of allylic oxidation sites excluding steroid dienone is 2. The third-order valence-corrected chi connectivity index (χ3v) is 7.22. The number of aliphatic imine (C=N–C) groups is 1. The lowest BCUT2D eigenvalue weighted by molar-refractivity contribution is -0.133. The van der Waals surface area contributed by atoms with Crippen molar-refractivity contribution in [3.63, 3.8) is 0 Å². The Kier molecular flexibility index (Phi) is 6.24. The van der Waals surface area contributed by atoms with Crippen LogP contribution in [0.2, 0.25) is 0 Å². The Morgan fingerprint density at radius 2 is 1.94 bits per heavy atom. The minimum absolute atomic E-state index is 0.0358. The summed E-state index contributed by atoms with van der Waals surface area (Å²) in [6, 6.07) is 10.3. The van der Waals surface area contributed by atoms with Crippen molar-refractivity contribution in [1.29, 1.82) is 0 Å². The highest BCUT2D eigenvalue weighted by Gasteiger charge is 2.50. The normalized spacial score (nSPS) is 20.6. The zero-order valence-corrected chi connectivity index (χ0v) is 19.6. The number of ketones is 2. The van der Waals surface area contributed by atoms with Crippen molar-refractivity contribution in [3.05, 3.63) is 83.4 Å². The van der Waals surface area contributed by atoms with E-state index in [1.54, 1.807) is 6.07 Å². The number of nitrogens with zero attached hydrogens (tertiary/aromatic N) is 1. The standard InChI is InChI=1S/C29H28FNO4/c1-2-35-22-10-13-26-20(16-22)9-12-25(31-26)21-8-11-23(24(30)17-21)27(32)18-4-3-5-19(7-6-18)28(33)29(34)14-15-29/h2,4,8,10-11,13,16-17,19,34H,1,3,5-7,9,12,14-15H2. The molecule has 180 valence electrons. The maximum absolute atomic E-state index is 15.1. The summed E-state index contributed by atoms with van der Waals surface area (Å²) in [5, 5.41) is 10.2. The van der Waals surface area contributed by atoms with Gasteiger partial charge < -0.3 is 9.84 Å². The summed E-state index contributed by atoms with van der Waals surface area (Å²) in [6.45, 7) is 3.57. The molecule has 1 N–H and O–H groups in total. The predicted octanol–water partition coefficient (Wildman–Crippen LogP) is 5.81. The molecule has 0 bridgehead atoms. The number of hydrogen-bond acceptors (Lipinski definition) is 5. The molecular formula is C29H28FNO4. The lowest BCUT2D eigenvalue weighted by atomic mass is 9.89. The first kappa shape index (κ1) is 23.4. The summed E-state index contributed by atoms with van der Waals surface area (Å²) in [5.74, 6) is -0.547. The average Bonchev–Trinajstić information content (AvgIpc) is 3.66. The summed E-state index contributed by atoms with van der Waals surface area (Å²) in [7, 11) is 0. The maximum Gasteiger partial charge on any atom is 0.191 e. The molecule has 2 aromatic carbocycles. The van der Waals surface area contributed by atoms with Crippen molar-refractivity contribution in [1.82, 2.24) is 0 Å². The Hall–Kier alpha value is -3.38. The van der Waals surface area contributed by atoms with E-state index in [-0.39, 0.29) is 23.0 Å². The summed E-state index contributed by atoms with van der Waals surface area (Å²) in [6.07, 6.45) is 7.78. The first-order valence-electron chi connectivity index (χ1n) is 12.2. The van der Waals surface area contributed by atoms with E-state index in [4.69, 9.17) is 9.73 Å². The number of Topliss-reactive ketones (excluding diaryl/α,β-unsaturated/α-hetero) is 2. The predicted molar refractivity (Wildman–Crippen MR) is 132 cm³/mol. The number of carbonyl (C=O) groups excluding carboxylic acids is 2. The molecule has 3 aliphatic rings. The van der Waals surface area contributed by atoms with Gasteiger partial charge in [0.15, 0.2) is 11.6 Å². The Bertz CT molecular complexity index is 1270. The number of aliphatic hydroxyl groups is 1. The zero-order valence-electron chi connectivity index (χ0n) is 19.6. The third kappa shape index (κ3) is 4.76. The highest BCUT2D eigenvalue weighted by Crippen LogP contribution is 2.41. The number of carbonyl (C=O) groups is 2. The summed E-state index contributed by atoms with van der Waals surface area (Å²) < 4.78 is 20.4. The van der Waals surface area contributed by atoms with Crippen LogP contribution in [0.15, 0.2) is 65.9 Å². The monoisotopic (exact) mass is 473 g/mol. The van der Waals surface area contributed by atoms with Crippen molar-refractivity contribution < 1.29 is 23.8 Å². The van der Waals surface area contributed by atoms with E-state index < -0.39 is 11.4 Å². The molecule has 1 saturated carbocycles. The van der Waals surface area contributed by atoms with Crippen LogP contribution in [0.5, 0.6) is 5.75 Å². The van der Waals surface area contributed by atoms with Crippen LogP contribution in [0.25, 0.3) is 0 Å². The van der Waals surface area contributed by atoms with Gasteiger partial charge in [0.05, 0.1) is 17.5 Å². The van der Waals surface area contributed by atoms with E-state index in [0.29, 0.717) is 61.8 Å². The van der Waals surface area contributed by atoms with E-state index >= 15 is 4.39 Å². The van der Waals surface area contributed by atoms with Crippen molar-refractivity contribution in [2.75, 3.05) is 0 Å². The van der Waals surface area contributed by atoms with Crippen LogP contribution in [0.4, 0.5) is 10.1 Å². The number of benzene rings is 2. The van der Waals surface area contributed by atoms with Crippen molar-refractivity contribution in [2.45, 2.75) is 57.0 Å². The van der Waals surface area contributed by atoms with Gasteiger partial charge in [0, 0.05) is 11.6 Å². The van der Waals surface area contributed by atoms with Crippen LogP contribution in [-0.4, -0.2) is 28.0 Å². The molecule has 1 atom stereocenters. The van der Waals surface area contributed by atoms with Gasteiger partial charge in [-0.3, -0.25) is 14.6 Å². The molecule has 2 aliphatic carbocycles. The second-order valence-electron chi connectivity index (χ2n) is 9.60. The molecule has 1 heterocycles. The van der Waals surface area contributed by atoms with Gasteiger partial charge in [-0.2, -0.15) is 0 Å². The van der Waals surface area contributed by atoms with E-state index in [1.165, 1.54) is 18.4 Å². The summed E-state index contributed by atoms with van der Waals surface area (Å²) in [5.41, 5.74) is 2.75. The molecule has 1 unspecified atom stereocenters. The highest BCUT2D eigenvalue weighted by atomic mass is 19.1. The van der Waals surface area contributed by atoms with Crippen LogP contribution < -0.4 is 4.74 Å². The Morgan fingerprint density at radius 3 is 2.69 bits per heavy atom. The highest BCUT2D eigenvalue weighted by molar-refractivity contribution is 6.10. The van der Waals surface area contributed by atoms with E-state index in [1.807, 2.05) is 24.3 Å². The number of ether oxygens (including phenoxy) is 1. The van der Waals surface area contributed by atoms with E-state index in [9.17, 15) is 14.7 Å². The zero-order chi connectivity index (χ0) is 24.6. The molecule has 1 aliphatic heterocycles. The number of rotatable bonds is 7. The molecule has 5 rings (SSSR count). The lowest BCUT2D eigenvalue weighted by Crippen LogP contribution is -2.29. The number of aryl methyl sites for hydroxylation is 1. The van der Waals surface area contributed by atoms with Gasteiger partial charge in [-0.25, -0.2) is 4.39 Å². The van der Waals surface area contributed by atoms with Crippen molar-refractivity contribution in [3.8, 4) is 5.75 Å². The fraction of sp³-hybridized carbons (Fsp3) is 0.345. The summed E-state index contributed by atoms with van der Waals surface area (Å²) >= 11 is 0. The average molecular weight is 474 g/mol. The fourth-order valence-electron chi connectivity index (χ4n) is 5.00. The molecule has 0 aromatic heterocycles. The number of fused-ring (bicyclic) bond motifs is 1. The molecule has 35 heavy (non-hydrogen) atoms. The molecular weight excluding hydrogens is 445 g/mol. The van der Waals surface area contributed by atoms with Crippen LogP contribution >= 0.6 is 0 Å². The van der Waals surface area contributed by atoms with Gasteiger partial charge in [-0.1, -0.05) is 18.7 Å². The first-order chi connectivity index (χ1) is 16.9. The molecule has 1 fully saturated rings. The Morgan fingerprint density at radius 1 is 1.11 bits per heavy atom. The minimum Gasteiger partial charge on any atom is -0.466 e. The minimum atomic E-state index is -1.15. The van der Waals surface area contributed by atoms with E-state index in [2.05, 4.69) is 6.58 Å². The summed E-state index contributed by atoms with van der Waals surface area (Å²) in [4.78, 5) is 30.3. The van der Waals surface area contributed by atoms with Crippen LogP contribution in [-0.2, 0) is 11.2 Å². The van der Waals surface area contributed by atoms with Gasteiger partial charge in [-0.05, 0) is 98.4 Å². The smallest absolute Gasteiger partial charge is 0.191 e. The quantitative estimate of drug-likeness (QED) is 0.407. The fourth-order valence-corrected chi connectivity index (χ4v) is 5.00. The molecule has 0 spiro atoms. The maximum atomic E-state index is 15.1. The second-order valence-corrected chi connectivity index (χ2v) is 9.60. The molecule has 0 amide bonds. The molecule has 5 nitrogen and oxygen atoms in total. The first-order valence-corrected chi connectivity index (χ1v) is 12.2. The molecule has 2 aromatic rings. The van der Waals surface area contributed by atoms with Crippen LogP contribution in [0.3, 0.4) is 0 Å². The van der Waals surface area contributed by atoms with Gasteiger partial charge in [0.2, 0.25) is 0 Å². The second kappa shape index (κ2) is 9.34. The van der Waals surface area contributed by atoms with Crippen molar-refractivity contribution >= 4 is 23.0 Å². The number of hydrogen-bond donors (Lipinski definition) is 1. The third-order valence-electron chi connectivity index (χ3n) is 7.22. The SMILES string of the molecule is C=COc1ccc2c(c1)CCC(c1ccc(C(=O)C3=CCCC(C(=O)C4(O)CC4)CC3)c(F)c1)=N2. The van der Waals surface area contributed by atoms with Gasteiger partial charge in [0.1, 0.15) is 17.2 Å². The van der Waals surface area contributed by atoms with Crippen LogP contribution in [0, 0.1) is 11.7 Å². The topological polar surface area (TPSA) is 76.0 Å². The van der Waals surface area contributed by atoms with E-state index in [0.717, 1.165) is 23.4 Å². The molecule has 0 radical (unpaired) electrons. The lowest BCUT2D eigenvalue weighted by Gasteiger charge is -2.17. The van der Waals surface area contributed by atoms with Gasteiger partial charge in [-0.15, -0.1) is 0 Å².